The zero-order valence-corrected chi connectivity index (χ0v) is 10.4. The Morgan fingerprint density at radius 3 is 2.44 bits per heavy atom. The summed E-state index contributed by atoms with van der Waals surface area (Å²) in [5.74, 6) is 0. The van der Waals surface area contributed by atoms with E-state index in [-0.39, 0.29) is 0 Å². The van der Waals surface area contributed by atoms with E-state index in [0.29, 0.717) is 6.17 Å². The first-order chi connectivity index (χ1) is 7.56. The summed E-state index contributed by atoms with van der Waals surface area (Å²) in [6.45, 7) is 9.24. The Balaban J connectivity index is 2.12. The van der Waals surface area contributed by atoms with Gasteiger partial charge in [-0.25, -0.2) is 0 Å². The van der Waals surface area contributed by atoms with Crippen molar-refractivity contribution < 1.29 is 0 Å². The van der Waals surface area contributed by atoms with Crippen molar-refractivity contribution in [3.05, 3.63) is 47.2 Å². The molecule has 0 unspecified atom stereocenters. The molecule has 1 atom stereocenters. The number of aryl methyl sites for hydroxylation is 2. The number of rotatable bonds is 2. The molecule has 0 radical (unpaired) electrons. The first-order valence-corrected chi connectivity index (χ1v) is 5.77. The number of hydrogen-bond acceptors (Lipinski definition) is 2. The molecule has 1 aromatic carbocycles. The summed E-state index contributed by atoms with van der Waals surface area (Å²) in [6, 6.07) is 6.75. The van der Waals surface area contributed by atoms with E-state index in [1.54, 1.807) is 0 Å². The molecule has 86 valence electrons. The SMILES string of the molecule is C=C1CN[C@H](Cc2cc(C)cc(C)c2)N1C. The van der Waals surface area contributed by atoms with Crippen LogP contribution in [0, 0.1) is 13.8 Å². The lowest BCUT2D eigenvalue weighted by molar-refractivity contribution is 0.327. The Morgan fingerprint density at radius 2 is 1.94 bits per heavy atom. The van der Waals surface area contributed by atoms with Gasteiger partial charge in [-0.3, -0.25) is 5.32 Å². The fourth-order valence-electron chi connectivity index (χ4n) is 2.34. The van der Waals surface area contributed by atoms with Gasteiger partial charge in [0.1, 0.15) is 0 Å². The zero-order chi connectivity index (χ0) is 11.7. The van der Waals surface area contributed by atoms with Crippen molar-refractivity contribution in [2.75, 3.05) is 13.6 Å². The third-order valence-electron chi connectivity index (χ3n) is 3.22. The summed E-state index contributed by atoms with van der Waals surface area (Å²) in [5.41, 5.74) is 5.26. The number of nitrogens with zero attached hydrogens (tertiary/aromatic N) is 1. The fraction of sp³-hybridized carbons (Fsp3) is 0.429. The van der Waals surface area contributed by atoms with Crippen LogP contribution in [0.2, 0.25) is 0 Å². The maximum Gasteiger partial charge on any atom is 0.0833 e. The van der Waals surface area contributed by atoms with Gasteiger partial charge in [-0.2, -0.15) is 0 Å². The van der Waals surface area contributed by atoms with Crippen molar-refractivity contribution in [1.29, 1.82) is 0 Å². The number of hydrogen-bond donors (Lipinski definition) is 1. The predicted molar refractivity (Wildman–Crippen MR) is 68.3 cm³/mol. The van der Waals surface area contributed by atoms with Crippen molar-refractivity contribution in [1.82, 2.24) is 10.2 Å². The summed E-state index contributed by atoms with van der Waals surface area (Å²) in [5, 5.41) is 3.47. The Kier molecular flexibility index (Phi) is 3.01. The maximum absolute atomic E-state index is 4.03. The topological polar surface area (TPSA) is 15.3 Å². The van der Waals surface area contributed by atoms with E-state index >= 15 is 0 Å². The molecule has 2 heteroatoms. The quantitative estimate of drug-likeness (QED) is 0.815. The van der Waals surface area contributed by atoms with E-state index in [4.69, 9.17) is 0 Å². The lowest BCUT2D eigenvalue weighted by Crippen LogP contribution is -2.34. The average Bonchev–Trinajstić information content (AvgIpc) is 2.48. The summed E-state index contributed by atoms with van der Waals surface area (Å²) >= 11 is 0. The van der Waals surface area contributed by atoms with E-state index in [2.05, 4.69) is 55.9 Å². The molecule has 0 spiro atoms. The van der Waals surface area contributed by atoms with Gasteiger partial charge in [-0.15, -0.1) is 0 Å². The van der Waals surface area contributed by atoms with Gasteiger partial charge in [0.15, 0.2) is 0 Å². The van der Waals surface area contributed by atoms with E-state index in [0.717, 1.165) is 13.0 Å². The van der Waals surface area contributed by atoms with Crippen LogP contribution in [0.4, 0.5) is 0 Å². The number of benzene rings is 1. The van der Waals surface area contributed by atoms with Crippen molar-refractivity contribution in [3.63, 3.8) is 0 Å². The molecular formula is C14H20N2. The third kappa shape index (κ3) is 2.27. The molecule has 1 aliphatic rings. The van der Waals surface area contributed by atoms with Gasteiger partial charge in [0, 0.05) is 25.7 Å². The standard InChI is InChI=1S/C14H20N2/c1-10-5-11(2)7-13(6-10)8-14-15-9-12(3)16(14)4/h5-7,14-15H,3,8-9H2,1-2,4H3/t14-/m0/s1. The first kappa shape index (κ1) is 11.2. The van der Waals surface area contributed by atoms with Gasteiger partial charge >= 0.3 is 0 Å². The minimum atomic E-state index is 0.397. The van der Waals surface area contributed by atoms with E-state index in [1.807, 2.05) is 0 Å². The van der Waals surface area contributed by atoms with Crippen LogP contribution < -0.4 is 5.32 Å². The Morgan fingerprint density at radius 1 is 1.31 bits per heavy atom. The van der Waals surface area contributed by atoms with E-state index in [1.165, 1.54) is 22.4 Å². The van der Waals surface area contributed by atoms with Crippen LogP contribution in [-0.2, 0) is 6.42 Å². The lowest BCUT2D eigenvalue weighted by atomic mass is 10.0. The Bertz CT molecular complexity index is 389. The van der Waals surface area contributed by atoms with Crippen LogP contribution in [-0.4, -0.2) is 24.7 Å². The van der Waals surface area contributed by atoms with Gasteiger partial charge in [-0.1, -0.05) is 35.9 Å². The van der Waals surface area contributed by atoms with E-state index in [9.17, 15) is 0 Å². The highest BCUT2D eigenvalue weighted by Crippen LogP contribution is 2.16. The molecule has 2 nitrogen and oxygen atoms in total. The van der Waals surface area contributed by atoms with E-state index < -0.39 is 0 Å². The van der Waals surface area contributed by atoms with Gasteiger partial charge < -0.3 is 4.90 Å². The Hall–Kier alpha value is -1.28. The van der Waals surface area contributed by atoms with Crippen molar-refractivity contribution in [2.45, 2.75) is 26.4 Å². The minimum absolute atomic E-state index is 0.397. The summed E-state index contributed by atoms with van der Waals surface area (Å²) in [4.78, 5) is 2.23. The molecule has 1 N–H and O–H groups in total. The van der Waals surface area contributed by atoms with Gasteiger partial charge in [0.25, 0.3) is 0 Å². The average molecular weight is 216 g/mol. The van der Waals surface area contributed by atoms with Gasteiger partial charge in [0.05, 0.1) is 6.17 Å². The number of likely N-dealkylation sites (N-methyl/N-ethyl adjacent to an activating group) is 1. The van der Waals surface area contributed by atoms with Crippen LogP contribution in [0.25, 0.3) is 0 Å². The van der Waals surface area contributed by atoms with Crippen LogP contribution in [0.15, 0.2) is 30.5 Å². The molecule has 1 fully saturated rings. The second kappa shape index (κ2) is 4.30. The minimum Gasteiger partial charge on any atom is -0.361 e. The van der Waals surface area contributed by atoms with Crippen LogP contribution in [0.5, 0.6) is 0 Å². The first-order valence-electron chi connectivity index (χ1n) is 5.77. The zero-order valence-electron chi connectivity index (χ0n) is 10.4. The van der Waals surface area contributed by atoms with Crippen LogP contribution in [0.3, 0.4) is 0 Å². The molecule has 1 heterocycles. The smallest absolute Gasteiger partial charge is 0.0833 e. The second-order valence-electron chi connectivity index (χ2n) is 4.77. The molecule has 0 saturated carbocycles. The fourth-order valence-corrected chi connectivity index (χ4v) is 2.34. The lowest BCUT2D eigenvalue weighted by Gasteiger charge is -2.22. The van der Waals surface area contributed by atoms with Crippen molar-refractivity contribution in [2.24, 2.45) is 0 Å². The predicted octanol–water partition coefficient (Wildman–Crippen LogP) is 2.22. The normalized spacial score (nSPS) is 20.6. The largest absolute Gasteiger partial charge is 0.361 e. The van der Waals surface area contributed by atoms with Gasteiger partial charge in [-0.05, 0) is 19.4 Å². The van der Waals surface area contributed by atoms with Crippen molar-refractivity contribution >= 4 is 0 Å². The highest BCUT2D eigenvalue weighted by molar-refractivity contribution is 5.29. The summed E-state index contributed by atoms with van der Waals surface area (Å²) in [7, 11) is 2.11. The highest BCUT2D eigenvalue weighted by Gasteiger charge is 2.22. The number of nitrogens with one attached hydrogen (secondary N) is 1. The monoisotopic (exact) mass is 216 g/mol. The molecule has 0 amide bonds. The molecule has 2 rings (SSSR count). The Labute approximate surface area is 98.0 Å². The molecule has 0 bridgehead atoms. The van der Waals surface area contributed by atoms with Crippen LogP contribution >= 0.6 is 0 Å². The maximum atomic E-state index is 4.03. The molecule has 0 aromatic heterocycles. The molecule has 1 aromatic rings. The van der Waals surface area contributed by atoms with Crippen molar-refractivity contribution in [3.8, 4) is 0 Å². The molecule has 16 heavy (non-hydrogen) atoms. The molecule has 1 aliphatic heterocycles. The highest BCUT2D eigenvalue weighted by atomic mass is 15.3. The summed E-state index contributed by atoms with van der Waals surface area (Å²) in [6.07, 6.45) is 1.44. The molecule has 1 saturated heterocycles. The molecular weight excluding hydrogens is 196 g/mol. The molecule has 0 aliphatic carbocycles. The van der Waals surface area contributed by atoms with Gasteiger partial charge in [0.2, 0.25) is 0 Å². The summed E-state index contributed by atoms with van der Waals surface area (Å²) < 4.78 is 0. The third-order valence-corrected chi connectivity index (χ3v) is 3.22. The second-order valence-corrected chi connectivity index (χ2v) is 4.77. The van der Waals surface area contributed by atoms with Crippen LogP contribution in [0.1, 0.15) is 16.7 Å².